The molecule has 0 spiro atoms. The van der Waals surface area contributed by atoms with E-state index in [1.807, 2.05) is 0 Å². The predicted molar refractivity (Wildman–Crippen MR) is 133 cm³/mol. The van der Waals surface area contributed by atoms with Crippen molar-refractivity contribution in [1.29, 1.82) is 5.41 Å². The Labute approximate surface area is 192 Å². The molecular formula is C25H52N4O2. The van der Waals surface area contributed by atoms with Crippen LogP contribution in [-0.2, 0) is 9.53 Å². The van der Waals surface area contributed by atoms with Crippen molar-refractivity contribution in [3.05, 3.63) is 0 Å². The molecule has 0 fully saturated rings. The van der Waals surface area contributed by atoms with E-state index in [1.54, 1.807) is 0 Å². The van der Waals surface area contributed by atoms with Crippen molar-refractivity contribution in [1.82, 2.24) is 10.6 Å². The van der Waals surface area contributed by atoms with Crippen molar-refractivity contribution in [2.45, 2.75) is 129 Å². The summed E-state index contributed by atoms with van der Waals surface area (Å²) in [6.45, 7) is 3.72. The number of hydrogen-bond donors (Lipinski definition) is 4. The number of nitrogens with one attached hydrogen (secondary N) is 3. The first kappa shape index (κ1) is 29.7. The maximum absolute atomic E-state index is 11.9. The van der Waals surface area contributed by atoms with Crippen molar-refractivity contribution in [3.8, 4) is 0 Å². The number of guanidine groups is 1. The number of methoxy groups -OCH3 is 1. The van der Waals surface area contributed by atoms with Gasteiger partial charge in [-0.15, -0.1) is 0 Å². The maximum Gasteiger partial charge on any atom is 0.322 e. The normalized spacial score (nSPS) is 11.9. The van der Waals surface area contributed by atoms with Gasteiger partial charge in [0.2, 0.25) is 0 Å². The van der Waals surface area contributed by atoms with E-state index in [0.717, 1.165) is 19.4 Å². The van der Waals surface area contributed by atoms with Gasteiger partial charge >= 0.3 is 5.97 Å². The first-order valence-electron chi connectivity index (χ1n) is 13.0. The van der Waals surface area contributed by atoms with Crippen molar-refractivity contribution in [2.24, 2.45) is 5.73 Å². The highest BCUT2D eigenvalue weighted by Crippen LogP contribution is 2.13. The molecule has 0 aromatic rings. The molecule has 1 atom stereocenters. The lowest BCUT2D eigenvalue weighted by molar-refractivity contribution is -0.143. The van der Waals surface area contributed by atoms with Crippen LogP contribution < -0.4 is 16.4 Å². The zero-order valence-corrected chi connectivity index (χ0v) is 20.6. The van der Waals surface area contributed by atoms with Crippen LogP contribution in [0, 0.1) is 5.41 Å². The molecule has 0 rings (SSSR count). The fourth-order valence-corrected chi connectivity index (χ4v) is 3.92. The van der Waals surface area contributed by atoms with Gasteiger partial charge in [0.05, 0.1) is 7.11 Å². The third kappa shape index (κ3) is 21.7. The van der Waals surface area contributed by atoms with Gasteiger partial charge in [0.1, 0.15) is 6.04 Å². The summed E-state index contributed by atoms with van der Waals surface area (Å²) in [4.78, 5) is 11.9. The van der Waals surface area contributed by atoms with Crippen LogP contribution in [0.5, 0.6) is 0 Å². The van der Waals surface area contributed by atoms with Gasteiger partial charge in [-0.05, 0) is 25.8 Å². The van der Waals surface area contributed by atoms with Gasteiger partial charge in [0.15, 0.2) is 5.96 Å². The molecule has 0 bridgehead atoms. The van der Waals surface area contributed by atoms with Gasteiger partial charge in [-0.25, -0.2) is 0 Å². The molecule has 6 nitrogen and oxygen atoms in total. The summed E-state index contributed by atoms with van der Waals surface area (Å²) in [5.74, 6) is -0.241. The molecule has 0 aliphatic rings. The lowest BCUT2D eigenvalue weighted by Crippen LogP contribution is -2.39. The second-order valence-electron chi connectivity index (χ2n) is 8.82. The molecule has 0 aliphatic carbocycles. The number of unbranched alkanes of at least 4 members (excludes halogenated alkanes) is 15. The number of nitrogens with two attached hydrogens (primary N) is 1. The van der Waals surface area contributed by atoms with E-state index >= 15 is 0 Å². The van der Waals surface area contributed by atoms with Gasteiger partial charge in [0, 0.05) is 6.54 Å². The van der Waals surface area contributed by atoms with E-state index in [9.17, 15) is 4.79 Å². The van der Waals surface area contributed by atoms with E-state index in [0.29, 0.717) is 13.0 Å². The van der Waals surface area contributed by atoms with Crippen molar-refractivity contribution in [3.63, 3.8) is 0 Å². The molecule has 184 valence electrons. The number of carbonyl (C=O) groups is 1. The summed E-state index contributed by atoms with van der Waals surface area (Å²) < 4.78 is 4.89. The van der Waals surface area contributed by atoms with Gasteiger partial charge in [-0.2, -0.15) is 0 Å². The van der Waals surface area contributed by atoms with Crippen LogP contribution in [-0.4, -0.2) is 38.2 Å². The third-order valence-corrected chi connectivity index (χ3v) is 5.89. The highest BCUT2D eigenvalue weighted by atomic mass is 16.5. The van der Waals surface area contributed by atoms with E-state index in [-0.39, 0.29) is 18.0 Å². The van der Waals surface area contributed by atoms with Crippen LogP contribution in [0.3, 0.4) is 0 Å². The predicted octanol–water partition coefficient (Wildman–Crippen LogP) is 5.64. The highest BCUT2D eigenvalue weighted by Gasteiger charge is 2.17. The molecule has 31 heavy (non-hydrogen) atoms. The molecule has 6 heteroatoms. The lowest BCUT2D eigenvalue weighted by atomic mass is 10.0. The fraction of sp³-hybridized carbons (Fsp3) is 0.920. The molecular weight excluding hydrogens is 388 g/mol. The molecule has 0 radical (unpaired) electrons. The second kappa shape index (κ2) is 23.4. The standard InChI is InChI=1S/C25H52N4O2/c1-3-4-5-6-7-8-9-10-11-12-13-14-15-16-17-18-21-28-23(24(30)31-2)20-19-22-29-25(26)27/h23,28H,3-22H2,1-2H3,(H4,26,27,29). The Balaban J connectivity index is 3.44. The number of hydrogen-bond acceptors (Lipinski definition) is 4. The van der Waals surface area contributed by atoms with Crippen LogP contribution in [0.25, 0.3) is 0 Å². The Morgan fingerprint density at radius 2 is 1.23 bits per heavy atom. The molecule has 1 unspecified atom stereocenters. The number of rotatable bonds is 23. The Kier molecular flexibility index (Phi) is 22.4. The zero-order chi connectivity index (χ0) is 23.0. The summed E-state index contributed by atoms with van der Waals surface area (Å²) in [5.41, 5.74) is 5.27. The summed E-state index contributed by atoms with van der Waals surface area (Å²) in [6, 6.07) is -0.268. The van der Waals surface area contributed by atoms with Gasteiger partial charge < -0.3 is 21.1 Å². The number of esters is 1. The Hall–Kier alpha value is -1.30. The quantitative estimate of drug-likeness (QED) is 0.0712. The third-order valence-electron chi connectivity index (χ3n) is 5.89. The van der Waals surface area contributed by atoms with E-state index < -0.39 is 0 Å². The van der Waals surface area contributed by atoms with Crippen molar-refractivity contribution in [2.75, 3.05) is 20.2 Å². The molecule has 0 aromatic heterocycles. The Bertz CT molecular complexity index is 418. The number of ether oxygens (including phenoxy) is 1. The van der Waals surface area contributed by atoms with E-state index in [1.165, 1.54) is 103 Å². The minimum Gasteiger partial charge on any atom is -0.468 e. The van der Waals surface area contributed by atoms with Crippen molar-refractivity contribution >= 4 is 11.9 Å². The molecule has 0 aliphatic heterocycles. The van der Waals surface area contributed by atoms with Crippen molar-refractivity contribution < 1.29 is 9.53 Å². The topological polar surface area (TPSA) is 100 Å². The van der Waals surface area contributed by atoms with Crippen LogP contribution in [0.15, 0.2) is 0 Å². The smallest absolute Gasteiger partial charge is 0.322 e. The SMILES string of the molecule is CCCCCCCCCCCCCCCCCCNC(CCCNC(=N)N)C(=O)OC. The van der Waals surface area contributed by atoms with Gasteiger partial charge in [-0.3, -0.25) is 10.2 Å². The molecule has 0 heterocycles. The average Bonchev–Trinajstić information content (AvgIpc) is 2.76. The monoisotopic (exact) mass is 440 g/mol. The largest absolute Gasteiger partial charge is 0.468 e. The van der Waals surface area contributed by atoms with Crippen LogP contribution >= 0.6 is 0 Å². The van der Waals surface area contributed by atoms with E-state index in [4.69, 9.17) is 15.9 Å². The first-order valence-corrected chi connectivity index (χ1v) is 13.0. The molecule has 0 amide bonds. The number of carbonyl (C=O) groups excluding carboxylic acids is 1. The molecule has 0 saturated carbocycles. The second-order valence-corrected chi connectivity index (χ2v) is 8.82. The minimum absolute atomic E-state index is 0.0317. The molecule has 0 saturated heterocycles. The first-order chi connectivity index (χ1) is 15.1. The Morgan fingerprint density at radius 1 is 0.774 bits per heavy atom. The van der Waals surface area contributed by atoms with Crippen LogP contribution in [0.4, 0.5) is 0 Å². The van der Waals surface area contributed by atoms with Gasteiger partial charge in [0.25, 0.3) is 0 Å². The summed E-state index contributed by atoms with van der Waals surface area (Å²) in [7, 11) is 1.43. The van der Waals surface area contributed by atoms with Crippen LogP contribution in [0.1, 0.15) is 122 Å². The Morgan fingerprint density at radius 3 is 1.65 bits per heavy atom. The summed E-state index contributed by atoms with van der Waals surface area (Å²) in [5, 5.41) is 13.2. The molecule has 5 N–H and O–H groups in total. The molecule has 0 aromatic carbocycles. The lowest BCUT2D eigenvalue weighted by Gasteiger charge is -2.16. The van der Waals surface area contributed by atoms with Crippen LogP contribution in [0.2, 0.25) is 0 Å². The van der Waals surface area contributed by atoms with E-state index in [2.05, 4.69) is 17.6 Å². The zero-order valence-electron chi connectivity index (χ0n) is 20.6. The summed E-state index contributed by atoms with van der Waals surface area (Å²) in [6.07, 6.45) is 23.3. The fourth-order valence-electron chi connectivity index (χ4n) is 3.92. The maximum atomic E-state index is 11.9. The average molecular weight is 441 g/mol. The minimum atomic E-state index is -0.268. The highest BCUT2D eigenvalue weighted by molar-refractivity contribution is 5.75. The van der Waals surface area contributed by atoms with Gasteiger partial charge in [-0.1, -0.05) is 103 Å². The summed E-state index contributed by atoms with van der Waals surface area (Å²) >= 11 is 0.